The summed E-state index contributed by atoms with van der Waals surface area (Å²) in [5.41, 5.74) is 4.41. The van der Waals surface area contributed by atoms with Crippen LogP contribution < -0.4 is 4.90 Å². The minimum absolute atomic E-state index is 0.0283. The van der Waals surface area contributed by atoms with Gasteiger partial charge in [-0.25, -0.2) is 4.79 Å². The number of rotatable bonds is 4. The van der Waals surface area contributed by atoms with Gasteiger partial charge in [0, 0.05) is 17.3 Å². The van der Waals surface area contributed by atoms with Gasteiger partial charge in [0.2, 0.25) is 0 Å². The molecule has 2 aromatic carbocycles. The maximum absolute atomic E-state index is 13.3. The van der Waals surface area contributed by atoms with Gasteiger partial charge in [-0.3, -0.25) is 4.79 Å². The average Bonchev–Trinajstić information content (AvgIpc) is 2.65. The molecule has 0 unspecified atom stereocenters. The van der Waals surface area contributed by atoms with E-state index in [2.05, 4.69) is 39.8 Å². The molecular formula is C25H31NO3. The fraction of sp³-hybridized carbons (Fsp3) is 0.440. The largest absolute Gasteiger partial charge is 0.478 e. The smallest absolute Gasteiger partial charge is 0.335 e. The Labute approximate surface area is 173 Å². The van der Waals surface area contributed by atoms with Crippen LogP contribution in [0.2, 0.25) is 0 Å². The van der Waals surface area contributed by atoms with E-state index in [4.69, 9.17) is 5.11 Å². The summed E-state index contributed by atoms with van der Waals surface area (Å²) < 4.78 is 0. The molecule has 0 spiro atoms. The lowest BCUT2D eigenvalue weighted by Crippen LogP contribution is -2.38. The number of carboxylic acid groups (broad SMARTS) is 1. The van der Waals surface area contributed by atoms with Gasteiger partial charge in [0.05, 0.1) is 5.56 Å². The van der Waals surface area contributed by atoms with E-state index >= 15 is 0 Å². The van der Waals surface area contributed by atoms with Crippen molar-refractivity contribution in [1.82, 2.24) is 0 Å². The van der Waals surface area contributed by atoms with E-state index in [-0.39, 0.29) is 28.3 Å². The van der Waals surface area contributed by atoms with E-state index in [9.17, 15) is 9.59 Å². The van der Waals surface area contributed by atoms with E-state index in [1.807, 2.05) is 19.9 Å². The number of carbonyl (C=O) groups is 2. The molecule has 1 aliphatic rings. The standard InChI is InChI=1S/C25H31NO3/c1-16(2)26(22(27)17-7-9-18(10-8-17)23(28)29)19-11-12-20-21(15-19)25(5,6)14-13-24(20,3)4/h7-12,15-16H,13-14H2,1-6H3,(H,28,29). The second kappa shape index (κ2) is 7.33. The molecule has 0 saturated carbocycles. The van der Waals surface area contributed by atoms with Gasteiger partial charge in [0.1, 0.15) is 0 Å². The molecule has 0 radical (unpaired) electrons. The zero-order valence-corrected chi connectivity index (χ0v) is 18.2. The van der Waals surface area contributed by atoms with E-state index in [0.717, 1.165) is 18.5 Å². The molecule has 0 fully saturated rings. The molecule has 2 aromatic rings. The lowest BCUT2D eigenvalue weighted by atomic mass is 9.63. The van der Waals surface area contributed by atoms with Crippen LogP contribution in [-0.2, 0) is 10.8 Å². The molecule has 0 saturated heterocycles. The molecular weight excluding hydrogens is 362 g/mol. The molecule has 0 heterocycles. The fourth-order valence-electron chi connectivity index (χ4n) is 4.27. The number of carbonyl (C=O) groups excluding carboxylic acids is 1. The van der Waals surface area contributed by atoms with Crippen LogP contribution in [0.4, 0.5) is 5.69 Å². The van der Waals surface area contributed by atoms with Crippen molar-refractivity contribution in [3.8, 4) is 0 Å². The maximum Gasteiger partial charge on any atom is 0.335 e. The summed E-state index contributed by atoms with van der Waals surface area (Å²) in [5, 5.41) is 9.10. The number of carboxylic acids is 1. The third-order valence-electron chi connectivity index (χ3n) is 6.23. The summed E-state index contributed by atoms with van der Waals surface area (Å²) in [7, 11) is 0. The van der Waals surface area contributed by atoms with Crippen molar-refractivity contribution in [2.24, 2.45) is 0 Å². The van der Waals surface area contributed by atoms with Crippen molar-refractivity contribution < 1.29 is 14.7 Å². The molecule has 0 aliphatic heterocycles. The van der Waals surface area contributed by atoms with Gasteiger partial charge in [0.25, 0.3) is 5.91 Å². The first kappa shape index (κ1) is 21.1. The number of anilines is 1. The number of aromatic carboxylic acids is 1. The van der Waals surface area contributed by atoms with Gasteiger partial charge < -0.3 is 10.0 Å². The van der Waals surface area contributed by atoms with Gasteiger partial charge in [-0.05, 0) is 85.0 Å². The molecule has 1 amide bonds. The highest BCUT2D eigenvalue weighted by atomic mass is 16.4. The monoisotopic (exact) mass is 393 g/mol. The molecule has 3 rings (SSSR count). The quantitative estimate of drug-likeness (QED) is 0.715. The minimum atomic E-state index is -0.996. The van der Waals surface area contributed by atoms with Crippen LogP contribution in [0.15, 0.2) is 42.5 Å². The SMILES string of the molecule is CC(C)N(C(=O)c1ccc(C(=O)O)cc1)c1ccc2c(c1)C(C)(C)CCC2(C)C. The van der Waals surface area contributed by atoms with Gasteiger partial charge in [-0.1, -0.05) is 33.8 Å². The van der Waals surface area contributed by atoms with Crippen LogP contribution >= 0.6 is 0 Å². The number of fused-ring (bicyclic) bond motifs is 1. The Balaban J connectivity index is 2.04. The van der Waals surface area contributed by atoms with Crippen LogP contribution in [0.1, 0.15) is 86.2 Å². The molecule has 0 atom stereocenters. The van der Waals surface area contributed by atoms with Crippen LogP contribution in [0.3, 0.4) is 0 Å². The van der Waals surface area contributed by atoms with E-state index < -0.39 is 5.97 Å². The van der Waals surface area contributed by atoms with Crippen LogP contribution in [0.5, 0.6) is 0 Å². The summed E-state index contributed by atoms with van der Waals surface area (Å²) in [6.07, 6.45) is 2.26. The summed E-state index contributed by atoms with van der Waals surface area (Å²) in [6, 6.07) is 12.5. The van der Waals surface area contributed by atoms with E-state index in [1.54, 1.807) is 17.0 Å². The zero-order chi connectivity index (χ0) is 21.6. The molecule has 1 N–H and O–H groups in total. The molecule has 1 aliphatic carbocycles. The molecule has 0 bridgehead atoms. The Bertz CT molecular complexity index is 939. The maximum atomic E-state index is 13.3. The Morgan fingerprint density at radius 3 is 1.90 bits per heavy atom. The van der Waals surface area contributed by atoms with Gasteiger partial charge >= 0.3 is 5.97 Å². The van der Waals surface area contributed by atoms with Crippen molar-refractivity contribution in [3.63, 3.8) is 0 Å². The second-order valence-electron chi connectivity index (χ2n) is 9.65. The molecule has 4 nitrogen and oxygen atoms in total. The van der Waals surface area contributed by atoms with Gasteiger partial charge in [-0.15, -0.1) is 0 Å². The highest BCUT2D eigenvalue weighted by Gasteiger charge is 2.37. The number of hydrogen-bond donors (Lipinski definition) is 1. The molecule has 29 heavy (non-hydrogen) atoms. The zero-order valence-electron chi connectivity index (χ0n) is 18.2. The van der Waals surface area contributed by atoms with Crippen LogP contribution in [-0.4, -0.2) is 23.0 Å². The van der Waals surface area contributed by atoms with Crippen LogP contribution in [0, 0.1) is 0 Å². The first-order valence-corrected chi connectivity index (χ1v) is 10.3. The van der Waals surface area contributed by atoms with Crippen molar-refractivity contribution in [3.05, 3.63) is 64.7 Å². The van der Waals surface area contributed by atoms with Crippen molar-refractivity contribution in [2.45, 2.75) is 71.3 Å². The number of amides is 1. The fourth-order valence-corrected chi connectivity index (χ4v) is 4.27. The predicted octanol–water partition coefficient (Wildman–Crippen LogP) is 5.79. The van der Waals surface area contributed by atoms with E-state index in [0.29, 0.717) is 5.56 Å². The summed E-state index contributed by atoms with van der Waals surface area (Å²) in [5.74, 6) is -1.12. The van der Waals surface area contributed by atoms with Crippen LogP contribution in [0.25, 0.3) is 0 Å². The highest BCUT2D eigenvalue weighted by Crippen LogP contribution is 2.46. The van der Waals surface area contributed by atoms with Gasteiger partial charge in [-0.2, -0.15) is 0 Å². The molecule has 0 aromatic heterocycles. The number of hydrogen-bond acceptors (Lipinski definition) is 2. The topological polar surface area (TPSA) is 57.6 Å². The normalized spacial score (nSPS) is 16.9. The van der Waals surface area contributed by atoms with Crippen molar-refractivity contribution >= 4 is 17.6 Å². The Hall–Kier alpha value is -2.62. The summed E-state index contributed by atoms with van der Waals surface area (Å²) in [4.78, 5) is 26.2. The van der Waals surface area contributed by atoms with E-state index in [1.165, 1.54) is 23.3 Å². The van der Waals surface area contributed by atoms with Gasteiger partial charge in [0.15, 0.2) is 0 Å². The Morgan fingerprint density at radius 1 is 0.862 bits per heavy atom. The van der Waals surface area contributed by atoms with Crippen molar-refractivity contribution in [2.75, 3.05) is 4.90 Å². The molecule has 154 valence electrons. The lowest BCUT2D eigenvalue weighted by molar-refractivity contribution is 0.0696. The van der Waals surface area contributed by atoms with Crippen molar-refractivity contribution in [1.29, 1.82) is 0 Å². The number of benzene rings is 2. The average molecular weight is 394 g/mol. The first-order chi connectivity index (χ1) is 13.4. The second-order valence-corrected chi connectivity index (χ2v) is 9.65. The third-order valence-corrected chi connectivity index (χ3v) is 6.23. The summed E-state index contributed by atoms with van der Waals surface area (Å²) in [6.45, 7) is 13.1. The third kappa shape index (κ3) is 3.93. The number of nitrogens with zero attached hydrogens (tertiary/aromatic N) is 1. The Morgan fingerprint density at radius 2 is 1.38 bits per heavy atom. The first-order valence-electron chi connectivity index (χ1n) is 10.3. The minimum Gasteiger partial charge on any atom is -0.478 e. The lowest BCUT2D eigenvalue weighted by Gasteiger charge is -2.42. The molecule has 4 heteroatoms. The Kier molecular flexibility index (Phi) is 5.33. The summed E-state index contributed by atoms with van der Waals surface area (Å²) >= 11 is 0. The highest BCUT2D eigenvalue weighted by molar-refractivity contribution is 6.07. The predicted molar refractivity (Wildman–Crippen MR) is 117 cm³/mol.